The number of amidine groups is 3. The molecule has 0 amide bonds. The van der Waals surface area contributed by atoms with Gasteiger partial charge in [-0.05, 0) is 27.1 Å². The summed E-state index contributed by atoms with van der Waals surface area (Å²) < 4.78 is 0. The fourth-order valence-electron chi connectivity index (χ4n) is 5.66. The maximum absolute atomic E-state index is 5.01. The quantitative estimate of drug-likeness (QED) is 0.268. The number of rotatable bonds is 0. The first kappa shape index (κ1) is 23.7. The zero-order chi connectivity index (χ0) is 26.2. The third-order valence-corrected chi connectivity index (χ3v) is 7.54. The minimum absolute atomic E-state index is 0. The molecular weight excluding hydrogens is 560 g/mol. The third-order valence-electron chi connectivity index (χ3n) is 7.54. The van der Waals surface area contributed by atoms with Gasteiger partial charge in [0.1, 0.15) is 6.17 Å². The van der Waals surface area contributed by atoms with E-state index in [0.717, 1.165) is 43.8 Å². The molecule has 8 bridgehead atoms. The van der Waals surface area contributed by atoms with Crippen LogP contribution in [0.15, 0.2) is 122 Å². The van der Waals surface area contributed by atoms with Crippen molar-refractivity contribution in [1.82, 2.24) is 9.97 Å². The average molecular weight is 578 g/mol. The molecule has 3 aliphatic heterocycles. The van der Waals surface area contributed by atoms with Crippen molar-refractivity contribution >= 4 is 50.7 Å². The van der Waals surface area contributed by atoms with Gasteiger partial charge in [-0.15, -0.1) is 0 Å². The Morgan fingerprint density at radius 2 is 1.07 bits per heavy atom. The molecule has 0 saturated heterocycles. The van der Waals surface area contributed by atoms with Crippen molar-refractivity contribution in [2.24, 2.45) is 25.0 Å². The number of nitrogens with zero attached hydrogens (tertiary/aromatic N) is 7. The zero-order valence-corrected chi connectivity index (χ0v) is 22.2. The maximum atomic E-state index is 5.01. The van der Waals surface area contributed by atoms with Crippen LogP contribution in [0, 0.1) is 0 Å². The van der Waals surface area contributed by atoms with Crippen molar-refractivity contribution in [3.63, 3.8) is 0 Å². The Morgan fingerprint density at radius 3 is 1.80 bits per heavy atom. The van der Waals surface area contributed by atoms with Crippen molar-refractivity contribution in [1.29, 1.82) is 0 Å². The Balaban J connectivity index is 0.00000256. The molecule has 3 aliphatic rings. The van der Waals surface area contributed by atoms with Crippen LogP contribution < -0.4 is 26.3 Å². The van der Waals surface area contributed by atoms with Crippen LogP contribution in [0.1, 0.15) is 28.4 Å². The van der Waals surface area contributed by atoms with Crippen molar-refractivity contribution < 1.29 is 17.1 Å². The predicted octanol–water partition coefficient (Wildman–Crippen LogP) is 4.57. The van der Waals surface area contributed by atoms with Gasteiger partial charge in [-0.1, -0.05) is 97.1 Å². The predicted molar refractivity (Wildman–Crippen MR) is 155 cm³/mol. The summed E-state index contributed by atoms with van der Waals surface area (Å²) in [6.07, 6.45) is -0.358. The summed E-state index contributed by atoms with van der Waals surface area (Å²) >= 11 is 0. The smallest absolute Gasteiger partial charge is 0.416 e. The zero-order valence-electron chi connectivity index (χ0n) is 21.2. The molecule has 41 heavy (non-hydrogen) atoms. The standard InChI is InChI=1S/C32H18N8.Cu/c1-2-10-18-17(9-1)25-33-26(18)38-28-21-13-5-6-14-22(21)30(35-28)40-32-24-16-8-7-15-23(24)31(36-32)39-29-20-12-4-3-11-19(20)27(34-29)37-25;/h1-16,25,37H;/q-2;+2. The summed E-state index contributed by atoms with van der Waals surface area (Å²) in [6, 6.07) is 32.2. The second-order valence-corrected chi connectivity index (χ2v) is 9.86. The van der Waals surface area contributed by atoms with Gasteiger partial charge in [-0.3, -0.25) is 4.99 Å². The molecule has 9 heteroatoms. The minimum atomic E-state index is -0.358. The van der Waals surface area contributed by atoms with E-state index in [0.29, 0.717) is 40.1 Å². The molecule has 1 radical (unpaired) electrons. The van der Waals surface area contributed by atoms with Gasteiger partial charge < -0.3 is 30.3 Å². The van der Waals surface area contributed by atoms with Gasteiger partial charge in [0.25, 0.3) is 0 Å². The number of hydrogen-bond acceptors (Lipinski definition) is 6. The van der Waals surface area contributed by atoms with Crippen molar-refractivity contribution in [3.8, 4) is 0 Å². The summed E-state index contributed by atoms with van der Waals surface area (Å²) in [7, 11) is 0. The van der Waals surface area contributed by atoms with Gasteiger partial charge in [0, 0.05) is 39.3 Å². The molecule has 5 heterocycles. The van der Waals surface area contributed by atoms with Crippen LogP contribution in [0.4, 0.5) is 11.6 Å². The van der Waals surface area contributed by atoms with Crippen LogP contribution in [0.3, 0.4) is 0 Å². The Bertz CT molecular complexity index is 2270. The van der Waals surface area contributed by atoms with Gasteiger partial charge in [-0.2, -0.15) is 0 Å². The van der Waals surface area contributed by atoms with Gasteiger partial charge in [-0.25, -0.2) is 4.99 Å². The number of hydrogen-bond donors (Lipinski definition) is 1. The number of benzene rings is 4. The molecule has 0 aliphatic carbocycles. The van der Waals surface area contributed by atoms with Crippen LogP contribution >= 0.6 is 0 Å². The first-order valence-electron chi connectivity index (χ1n) is 13.1. The molecule has 2 aromatic heterocycles. The van der Waals surface area contributed by atoms with Gasteiger partial charge in [0.05, 0.1) is 17.5 Å². The Morgan fingerprint density at radius 1 is 0.512 bits per heavy atom. The van der Waals surface area contributed by atoms with Gasteiger partial charge >= 0.3 is 17.1 Å². The van der Waals surface area contributed by atoms with E-state index < -0.39 is 0 Å². The number of anilines is 1. The topological polar surface area (TPSA) is 102 Å². The van der Waals surface area contributed by atoms with Crippen LogP contribution in [0.2, 0.25) is 0 Å². The van der Waals surface area contributed by atoms with Crippen LogP contribution in [0.5, 0.6) is 0 Å². The molecular formula is C32H18CuN8. The van der Waals surface area contributed by atoms with E-state index in [4.69, 9.17) is 34.9 Å². The average Bonchev–Trinajstić information content (AvgIpc) is 3.73. The molecule has 0 spiro atoms. The summed E-state index contributed by atoms with van der Waals surface area (Å²) in [5.41, 5.74) is 4.95. The fourth-order valence-corrected chi connectivity index (χ4v) is 5.66. The molecule has 9 rings (SSSR count). The molecule has 197 valence electrons. The third kappa shape index (κ3) is 3.57. The fraction of sp³-hybridized carbons (Fsp3) is 0.0312. The molecule has 0 saturated carbocycles. The molecule has 4 aromatic carbocycles. The Hall–Kier alpha value is -5.11. The molecule has 0 fully saturated rings. The largest absolute Gasteiger partial charge is 2.00 e. The van der Waals surface area contributed by atoms with E-state index in [2.05, 4.69) is 11.4 Å². The van der Waals surface area contributed by atoms with Gasteiger partial charge in [0.2, 0.25) is 0 Å². The first-order chi connectivity index (χ1) is 19.8. The first-order valence-corrected chi connectivity index (χ1v) is 13.1. The van der Waals surface area contributed by atoms with Crippen molar-refractivity contribution in [2.45, 2.75) is 6.17 Å². The molecule has 1 atom stereocenters. The number of fused-ring (bicyclic) bond motifs is 18. The number of nitrogens with one attached hydrogen (secondary N) is 1. The van der Waals surface area contributed by atoms with E-state index in [1.165, 1.54) is 0 Å². The maximum Gasteiger partial charge on any atom is 2.00 e. The van der Waals surface area contributed by atoms with Crippen LogP contribution in [-0.2, 0) is 17.1 Å². The normalized spacial score (nSPS) is 17.7. The van der Waals surface area contributed by atoms with Gasteiger partial charge in [0.15, 0.2) is 0 Å². The number of aliphatic imine (C=N–C) groups is 3. The SMILES string of the molecule is [Cu+2].c1ccc2c(c1)C1=N/C2=N\c2[n-]c(c3ccccc23)NC2N=C(N=c3[n-]c(c4ccccc34)=N1)c1ccccc12. The molecule has 1 N–H and O–H groups in total. The molecule has 1 unspecified atom stereocenters. The van der Waals surface area contributed by atoms with Crippen LogP contribution in [-0.4, -0.2) is 17.5 Å². The molecule has 8 nitrogen and oxygen atoms in total. The van der Waals surface area contributed by atoms with E-state index in [1.54, 1.807) is 0 Å². The monoisotopic (exact) mass is 577 g/mol. The van der Waals surface area contributed by atoms with E-state index >= 15 is 0 Å². The Labute approximate surface area is 243 Å². The second-order valence-electron chi connectivity index (χ2n) is 9.86. The summed E-state index contributed by atoms with van der Waals surface area (Å²) in [5.74, 6) is 3.07. The van der Waals surface area contributed by atoms with E-state index in [-0.39, 0.29) is 23.2 Å². The summed E-state index contributed by atoms with van der Waals surface area (Å²) in [6.45, 7) is 0. The van der Waals surface area contributed by atoms with E-state index in [9.17, 15) is 0 Å². The van der Waals surface area contributed by atoms with Crippen molar-refractivity contribution in [2.75, 3.05) is 5.32 Å². The summed E-state index contributed by atoms with van der Waals surface area (Å²) in [4.78, 5) is 34.7. The molecule has 6 aromatic rings. The summed E-state index contributed by atoms with van der Waals surface area (Å²) in [5, 5.41) is 7.30. The second kappa shape index (κ2) is 8.96. The van der Waals surface area contributed by atoms with Crippen LogP contribution in [0.25, 0.3) is 21.5 Å². The Kier molecular flexibility index (Phi) is 5.19. The van der Waals surface area contributed by atoms with E-state index in [1.807, 2.05) is 91.0 Å². The van der Waals surface area contributed by atoms with Crippen molar-refractivity contribution in [3.05, 3.63) is 130 Å². The minimum Gasteiger partial charge on any atom is -0.416 e. The number of aromatic nitrogens is 2.